The van der Waals surface area contributed by atoms with E-state index in [2.05, 4.69) is 41.3 Å². The van der Waals surface area contributed by atoms with E-state index in [0.717, 1.165) is 16.9 Å². The molecule has 3 aromatic rings. The molecule has 0 aliphatic carbocycles. The lowest BCUT2D eigenvalue weighted by atomic mass is 10.2. The summed E-state index contributed by atoms with van der Waals surface area (Å²) in [6.45, 7) is 2.09. The van der Waals surface area contributed by atoms with Gasteiger partial charge in [-0.1, -0.05) is 18.2 Å². The molecule has 0 saturated heterocycles. The zero-order valence-electron chi connectivity index (χ0n) is 9.86. The summed E-state index contributed by atoms with van der Waals surface area (Å²) in [5.74, 6) is 0. The average Bonchev–Trinajstić information content (AvgIpc) is 2.84. The Morgan fingerprint density at radius 3 is 2.82 bits per heavy atom. The van der Waals surface area contributed by atoms with Crippen molar-refractivity contribution < 1.29 is 0 Å². The van der Waals surface area contributed by atoms with Crippen LogP contribution >= 0.6 is 0 Å². The molecule has 1 aromatic carbocycles. The van der Waals surface area contributed by atoms with Gasteiger partial charge in [0.1, 0.15) is 5.69 Å². The van der Waals surface area contributed by atoms with Gasteiger partial charge in [0, 0.05) is 18.0 Å². The fraction of sp³-hybridized carbons (Fsp3) is 0.154. The summed E-state index contributed by atoms with van der Waals surface area (Å²) in [7, 11) is 1.89. The van der Waals surface area contributed by atoms with Crippen LogP contribution in [0.15, 0.2) is 30.5 Å². The third-order valence-electron chi connectivity index (χ3n) is 3.09. The molecule has 0 atom stereocenters. The zero-order valence-corrected chi connectivity index (χ0v) is 9.86. The Bertz CT molecular complexity index is 671. The number of nitrogen functional groups attached to an aromatic ring is 1. The maximum atomic E-state index is 5.93. The predicted molar refractivity (Wildman–Crippen MR) is 69.7 cm³/mol. The molecule has 2 aromatic heterocycles. The third kappa shape index (κ3) is 1.41. The Balaban J connectivity index is 2.29. The lowest BCUT2D eigenvalue weighted by molar-refractivity contribution is 0.774. The monoisotopic (exact) mass is 226 g/mol. The number of para-hydroxylation sites is 1. The number of aromatic amines is 1. The van der Waals surface area contributed by atoms with Gasteiger partial charge in [-0.2, -0.15) is 5.10 Å². The van der Waals surface area contributed by atoms with Gasteiger partial charge in [0.15, 0.2) is 0 Å². The molecule has 0 spiro atoms. The summed E-state index contributed by atoms with van der Waals surface area (Å²) in [5, 5.41) is 5.35. The molecule has 4 nitrogen and oxygen atoms in total. The number of aryl methyl sites for hydroxylation is 2. The second-order valence-corrected chi connectivity index (χ2v) is 4.29. The van der Waals surface area contributed by atoms with Gasteiger partial charge < -0.3 is 10.7 Å². The average molecular weight is 226 g/mol. The van der Waals surface area contributed by atoms with Crippen LogP contribution < -0.4 is 5.73 Å². The summed E-state index contributed by atoms with van der Waals surface area (Å²) < 4.78 is 1.79. The molecule has 0 radical (unpaired) electrons. The van der Waals surface area contributed by atoms with E-state index in [4.69, 9.17) is 5.73 Å². The molecule has 0 fully saturated rings. The number of H-pyrrole nitrogens is 1. The number of anilines is 1. The van der Waals surface area contributed by atoms with E-state index < -0.39 is 0 Å². The van der Waals surface area contributed by atoms with Crippen LogP contribution in [0.5, 0.6) is 0 Å². The third-order valence-corrected chi connectivity index (χ3v) is 3.09. The molecular weight excluding hydrogens is 212 g/mol. The van der Waals surface area contributed by atoms with E-state index in [1.807, 2.05) is 7.05 Å². The minimum absolute atomic E-state index is 0.691. The maximum absolute atomic E-state index is 5.93. The van der Waals surface area contributed by atoms with Crippen LogP contribution in [-0.4, -0.2) is 14.8 Å². The minimum atomic E-state index is 0.691. The maximum Gasteiger partial charge on any atom is 0.107 e. The summed E-state index contributed by atoms with van der Waals surface area (Å²) >= 11 is 0. The molecule has 0 saturated carbocycles. The molecular formula is C13H14N4. The molecule has 0 aliphatic rings. The van der Waals surface area contributed by atoms with E-state index in [0.29, 0.717) is 5.69 Å². The Hall–Kier alpha value is -2.23. The highest BCUT2D eigenvalue weighted by Gasteiger charge is 2.11. The Morgan fingerprint density at radius 2 is 2.18 bits per heavy atom. The lowest BCUT2D eigenvalue weighted by Gasteiger charge is -2.00. The number of aromatic nitrogens is 3. The molecule has 17 heavy (non-hydrogen) atoms. The van der Waals surface area contributed by atoms with Gasteiger partial charge in [-0.05, 0) is 18.6 Å². The quantitative estimate of drug-likeness (QED) is 0.669. The van der Waals surface area contributed by atoms with Crippen LogP contribution in [0.1, 0.15) is 5.56 Å². The second kappa shape index (κ2) is 3.38. The normalized spacial score (nSPS) is 11.2. The van der Waals surface area contributed by atoms with Crippen LogP contribution in [-0.2, 0) is 7.05 Å². The summed E-state index contributed by atoms with van der Waals surface area (Å²) in [6, 6.07) is 8.35. The van der Waals surface area contributed by atoms with Gasteiger partial charge in [0.25, 0.3) is 0 Å². The van der Waals surface area contributed by atoms with E-state index in [-0.39, 0.29) is 0 Å². The number of benzene rings is 1. The standard InChI is InChI=1S/C13H14N4/c1-8-4-3-5-9-6-11(16-12(8)9)13-10(14)7-15-17(13)2/h3-7,16H,14H2,1-2H3. The first kappa shape index (κ1) is 9.96. The molecule has 0 aliphatic heterocycles. The second-order valence-electron chi connectivity index (χ2n) is 4.29. The van der Waals surface area contributed by atoms with E-state index in [9.17, 15) is 0 Å². The van der Waals surface area contributed by atoms with E-state index >= 15 is 0 Å². The number of hydrogen-bond donors (Lipinski definition) is 2. The van der Waals surface area contributed by atoms with Crippen molar-refractivity contribution in [2.75, 3.05) is 5.73 Å². The number of nitrogens with two attached hydrogens (primary N) is 1. The van der Waals surface area contributed by atoms with Gasteiger partial charge >= 0.3 is 0 Å². The molecule has 2 heterocycles. The zero-order chi connectivity index (χ0) is 12.0. The number of nitrogens with zero attached hydrogens (tertiary/aromatic N) is 2. The van der Waals surface area contributed by atoms with Crippen molar-refractivity contribution in [1.82, 2.24) is 14.8 Å². The van der Waals surface area contributed by atoms with Gasteiger partial charge in [0.2, 0.25) is 0 Å². The highest BCUT2D eigenvalue weighted by atomic mass is 15.3. The van der Waals surface area contributed by atoms with Gasteiger partial charge in [0.05, 0.1) is 17.6 Å². The van der Waals surface area contributed by atoms with Crippen LogP contribution in [0.25, 0.3) is 22.3 Å². The van der Waals surface area contributed by atoms with Crippen LogP contribution in [0, 0.1) is 6.92 Å². The van der Waals surface area contributed by atoms with Crippen molar-refractivity contribution in [3.8, 4) is 11.4 Å². The van der Waals surface area contributed by atoms with Crippen LogP contribution in [0.2, 0.25) is 0 Å². The number of nitrogens with one attached hydrogen (secondary N) is 1. The fourth-order valence-corrected chi connectivity index (χ4v) is 2.22. The summed E-state index contributed by atoms with van der Waals surface area (Å²) in [4.78, 5) is 3.41. The fourth-order valence-electron chi connectivity index (χ4n) is 2.22. The van der Waals surface area contributed by atoms with Gasteiger partial charge in [-0.25, -0.2) is 0 Å². The largest absolute Gasteiger partial charge is 0.396 e. The van der Waals surface area contributed by atoms with Crippen molar-refractivity contribution in [3.05, 3.63) is 36.0 Å². The minimum Gasteiger partial charge on any atom is -0.396 e. The topological polar surface area (TPSA) is 59.6 Å². The number of rotatable bonds is 1. The van der Waals surface area contributed by atoms with E-state index in [1.54, 1.807) is 10.9 Å². The van der Waals surface area contributed by atoms with E-state index in [1.165, 1.54) is 10.9 Å². The van der Waals surface area contributed by atoms with Crippen molar-refractivity contribution in [2.24, 2.45) is 7.05 Å². The molecule has 0 bridgehead atoms. The first-order valence-corrected chi connectivity index (χ1v) is 5.53. The van der Waals surface area contributed by atoms with Crippen molar-refractivity contribution in [3.63, 3.8) is 0 Å². The first-order valence-electron chi connectivity index (χ1n) is 5.53. The molecule has 0 amide bonds. The smallest absolute Gasteiger partial charge is 0.107 e. The highest BCUT2D eigenvalue weighted by Crippen LogP contribution is 2.28. The Kier molecular flexibility index (Phi) is 1.98. The Labute approximate surface area is 99.1 Å². The number of fused-ring (bicyclic) bond motifs is 1. The predicted octanol–water partition coefficient (Wildman–Crippen LogP) is 2.46. The summed E-state index contributed by atoms with van der Waals surface area (Å²) in [6.07, 6.45) is 1.67. The summed E-state index contributed by atoms with van der Waals surface area (Å²) in [5.41, 5.74) is 10.9. The SMILES string of the molecule is Cc1cccc2cc(-c3c(N)cnn3C)[nH]c12. The molecule has 3 N–H and O–H groups in total. The molecule has 3 rings (SSSR count). The molecule has 0 unspecified atom stereocenters. The van der Waals surface area contributed by atoms with Crippen molar-refractivity contribution in [2.45, 2.75) is 6.92 Å². The van der Waals surface area contributed by atoms with Gasteiger partial charge in [-0.15, -0.1) is 0 Å². The molecule has 4 heteroatoms. The van der Waals surface area contributed by atoms with Crippen LogP contribution in [0.3, 0.4) is 0 Å². The van der Waals surface area contributed by atoms with Crippen molar-refractivity contribution >= 4 is 16.6 Å². The molecule has 86 valence electrons. The lowest BCUT2D eigenvalue weighted by Crippen LogP contribution is -1.95. The first-order chi connectivity index (χ1) is 8.16. The van der Waals surface area contributed by atoms with Gasteiger partial charge in [-0.3, -0.25) is 4.68 Å². The van der Waals surface area contributed by atoms with Crippen molar-refractivity contribution in [1.29, 1.82) is 0 Å². The number of hydrogen-bond acceptors (Lipinski definition) is 2. The Morgan fingerprint density at radius 1 is 1.35 bits per heavy atom. The highest BCUT2D eigenvalue weighted by molar-refractivity contribution is 5.89. The van der Waals surface area contributed by atoms with Crippen LogP contribution in [0.4, 0.5) is 5.69 Å².